The number of oxazole rings is 1. The van der Waals surface area contributed by atoms with Crippen molar-refractivity contribution in [2.45, 2.75) is 19.9 Å². The minimum atomic E-state index is 0.299. The van der Waals surface area contributed by atoms with E-state index in [0.29, 0.717) is 11.9 Å². The van der Waals surface area contributed by atoms with Gasteiger partial charge in [-0.2, -0.15) is 0 Å². The maximum atomic E-state index is 5.85. The third kappa shape index (κ3) is 2.40. The normalized spacial score (nSPS) is 11.4. The molecule has 2 heterocycles. The van der Waals surface area contributed by atoms with Crippen LogP contribution in [0.1, 0.15) is 19.9 Å². The molecule has 5 nitrogen and oxygen atoms in total. The van der Waals surface area contributed by atoms with Gasteiger partial charge in [0, 0.05) is 17.2 Å². The molecule has 0 radical (unpaired) electrons. The Kier molecular flexibility index (Phi) is 3.19. The monoisotopic (exact) mass is 304 g/mol. The lowest BCUT2D eigenvalue weighted by molar-refractivity contribution is 0.604. The molecule has 0 atom stereocenters. The van der Waals surface area contributed by atoms with Crippen LogP contribution in [-0.4, -0.2) is 19.7 Å². The quantitative estimate of drug-likeness (QED) is 0.565. The predicted molar refractivity (Wildman–Crippen MR) is 88.8 cm³/mol. The molecule has 0 aliphatic rings. The molecule has 114 valence electrons. The summed E-state index contributed by atoms with van der Waals surface area (Å²) in [5.41, 5.74) is 3.54. The highest BCUT2D eigenvalue weighted by molar-refractivity contribution is 5.81. The summed E-state index contributed by atoms with van der Waals surface area (Å²) in [5, 5.41) is 8.26. The second-order valence-corrected chi connectivity index (χ2v) is 5.72. The second kappa shape index (κ2) is 5.35. The third-order valence-corrected chi connectivity index (χ3v) is 3.80. The Morgan fingerprint density at radius 2 is 1.83 bits per heavy atom. The van der Waals surface area contributed by atoms with E-state index in [2.05, 4.69) is 29.0 Å². The van der Waals surface area contributed by atoms with Gasteiger partial charge in [-0.1, -0.05) is 18.2 Å². The first-order chi connectivity index (χ1) is 11.2. The summed E-state index contributed by atoms with van der Waals surface area (Å²) in [6.45, 7) is 4.21. The average Bonchev–Trinajstić information content (AvgIpc) is 3.21. The molecule has 0 saturated carbocycles. The smallest absolute Gasteiger partial charge is 0.227 e. The minimum Gasteiger partial charge on any atom is -0.436 e. The van der Waals surface area contributed by atoms with Crippen molar-refractivity contribution >= 4 is 11.1 Å². The number of hydrogen-bond acceptors (Lipinski definition) is 4. The van der Waals surface area contributed by atoms with Gasteiger partial charge in [-0.15, -0.1) is 10.2 Å². The Bertz CT molecular complexity index is 953. The molecule has 0 unspecified atom stereocenters. The lowest BCUT2D eigenvalue weighted by Gasteiger charge is -2.09. The molecular formula is C18H16N4O. The first-order valence-corrected chi connectivity index (χ1v) is 7.58. The van der Waals surface area contributed by atoms with E-state index < -0.39 is 0 Å². The summed E-state index contributed by atoms with van der Waals surface area (Å²) in [6, 6.07) is 16.1. The van der Waals surface area contributed by atoms with Gasteiger partial charge in [0.2, 0.25) is 5.89 Å². The van der Waals surface area contributed by atoms with Crippen LogP contribution in [0.3, 0.4) is 0 Å². The fourth-order valence-corrected chi connectivity index (χ4v) is 2.60. The van der Waals surface area contributed by atoms with Crippen molar-refractivity contribution in [2.75, 3.05) is 0 Å². The van der Waals surface area contributed by atoms with Crippen LogP contribution >= 0.6 is 0 Å². The summed E-state index contributed by atoms with van der Waals surface area (Å²) in [4.78, 5) is 4.60. The Hall–Kier alpha value is -2.95. The summed E-state index contributed by atoms with van der Waals surface area (Å²) >= 11 is 0. The van der Waals surface area contributed by atoms with Crippen molar-refractivity contribution in [3.8, 4) is 22.8 Å². The van der Waals surface area contributed by atoms with Crippen LogP contribution in [0.5, 0.6) is 0 Å². The van der Waals surface area contributed by atoms with Gasteiger partial charge in [0.25, 0.3) is 0 Å². The first kappa shape index (κ1) is 13.7. The van der Waals surface area contributed by atoms with Gasteiger partial charge >= 0.3 is 0 Å². The molecule has 0 bridgehead atoms. The summed E-state index contributed by atoms with van der Waals surface area (Å²) in [6.07, 6.45) is 1.75. The van der Waals surface area contributed by atoms with E-state index in [1.807, 2.05) is 53.1 Å². The number of hydrogen-bond donors (Lipinski definition) is 0. The van der Waals surface area contributed by atoms with Crippen molar-refractivity contribution in [3.63, 3.8) is 0 Å². The lowest BCUT2D eigenvalue weighted by Crippen LogP contribution is -2.01. The third-order valence-electron chi connectivity index (χ3n) is 3.80. The standard InChI is InChI=1S/C18H16N4O/c1-12(2)22-11-19-21-17(22)14-8-9-16-15(10-14)20-18(23-16)13-6-4-3-5-7-13/h3-12H,1-2H3. The van der Waals surface area contributed by atoms with E-state index in [1.54, 1.807) is 6.33 Å². The number of nitrogens with zero attached hydrogens (tertiary/aromatic N) is 4. The maximum Gasteiger partial charge on any atom is 0.227 e. The van der Waals surface area contributed by atoms with Crippen LogP contribution in [0, 0.1) is 0 Å². The number of benzene rings is 2. The lowest BCUT2D eigenvalue weighted by atomic mass is 10.2. The van der Waals surface area contributed by atoms with Gasteiger partial charge in [0.1, 0.15) is 11.8 Å². The number of fused-ring (bicyclic) bond motifs is 1. The van der Waals surface area contributed by atoms with Gasteiger partial charge in [-0.05, 0) is 44.2 Å². The number of rotatable bonds is 3. The molecule has 2 aromatic carbocycles. The van der Waals surface area contributed by atoms with Crippen LogP contribution < -0.4 is 0 Å². The molecule has 4 aromatic rings. The highest BCUT2D eigenvalue weighted by Crippen LogP contribution is 2.28. The zero-order valence-electron chi connectivity index (χ0n) is 13.0. The summed E-state index contributed by atoms with van der Waals surface area (Å²) < 4.78 is 7.89. The zero-order valence-corrected chi connectivity index (χ0v) is 13.0. The molecule has 0 spiro atoms. The fourth-order valence-electron chi connectivity index (χ4n) is 2.60. The predicted octanol–water partition coefficient (Wildman–Crippen LogP) is 4.33. The van der Waals surface area contributed by atoms with Crippen LogP contribution in [0.2, 0.25) is 0 Å². The van der Waals surface area contributed by atoms with Crippen molar-refractivity contribution in [2.24, 2.45) is 0 Å². The van der Waals surface area contributed by atoms with Gasteiger partial charge < -0.3 is 8.98 Å². The zero-order chi connectivity index (χ0) is 15.8. The summed E-state index contributed by atoms with van der Waals surface area (Å²) in [7, 11) is 0. The van der Waals surface area contributed by atoms with Gasteiger partial charge in [0.15, 0.2) is 11.4 Å². The molecule has 5 heteroatoms. The second-order valence-electron chi connectivity index (χ2n) is 5.72. The average molecular weight is 304 g/mol. The molecule has 2 aromatic heterocycles. The van der Waals surface area contributed by atoms with Gasteiger partial charge in [0.05, 0.1) is 0 Å². The van der Waals surface area contributed by atoms with E-state index in [0.717, 1.165) is 28.1 Å². The topological polar surface area (TPSA) is 56.7 Å². The highest BCUT2D eigenvalue weighted by Gasteiger charge is 2.13. The van der Waals surface area contributed by atoms with Crippen molar-refractivity contribution in [1.29, 1.82) is 0 Å². The van der Waals surface area contributed by atoms with Gasteiger partial charge in [-0.3, -0.25) is 0 Å². The Labute approximate surface area is 133 Å². The highest BCUT2D eigenvalue weighted by atomic mass is 16.3. The molecule has 0 N–H and O–H groups in total. The Morgan fingerprint density at radius 1 is 1.00 bits per heavy atom. The Balaban J connectivity index is 1.81. The molecule has 0 aliphatic heterocycles. The first-order valence-electron chi connectivity index (χ1n) is 7.58. The largest absolute Gasteiger partial charge is 0.436 e. The van der Waals surface area contributed by atoms with Crippen molar-refractivity contribution in [3.05, 3.63) is 54.9 Å². The fraction of sp³-hybridized carbons (Fsp3) is 0.167. The minimum absolute atomic E-state index is 0.299. The molecule has 0 amide bonds. The maximum absolute atomic E-state index is 5.85. The van der Waals surface area contributed by atoms with Crippen LogP contribution in [0.25, 0.3) is 33.9 Å². The van der Waals surface area contributed by atoms with E-state index >= 15 is 0 Å². The van der Waals surface area contributed by atoms with Crippen LogP contribution in [-0.2, 0) is 0 Å². The molecule has 23 heavy (non-hydrogen) atoms. The van der Waals surface area contributed by atoms with Crippen molar-refractivity contribution in [1.82, 2.24) is 19.7 Å². The molecule has 0 saturated heterocycles. The molecular weight excluding hydrogens is 288 g/mol. The Morgan fingerprint density at radius 3 is 2.61 bits per heavy atom. The molecule has 4 rings (SSSR count). The van der Waals surface area contributed by atoms with Gasteiger partial charge in [-0.25, -0.2) is 4.98 Å². The van der Waals surface area contributed by atoms with Crippen LogP contribution in [0.15, 0.2) is 59.3 Å². The van der Waals surface area contributed by atoms with E-state index in [-0.39, 0.29) is 0 Å². The van der Waals surface area contributed by atoms with Crippen LogP contribution in [0.4, 0.5) is 0 Å². The van der Waals surface area contributed by atoms with E-state index in [1.165, 1.54) is 0 Å². The van der Waals surface area contributed by atoms with E-state index in [9.17, 15) is 0 Å². The number of aromatic nitrogens is 4. The SMILES string of the molecule is CC(C)n1cnnc1-c1ccc2oc(-c3ccccc3)nc2c1. The summed E-state index contributed by atoms with van der Waals surface area (Å²) in [5.74, 6) is 1.47. The van der Waals surface area contributed by atoms with Crippen molar-refractivity contribution < 1.29 is 4.42 Å². The molecule has 0 aliphatic carbocycles. The molecule has 0 fully saturated rings. The van der Waals surface area contributed by atoms with E-state index in [4.69, 9.17) is 4.42 Å².